The Morgan fingerprint density at radius 1 is 0.850 bits per heavy atom. The van der Waals surface area contributed by atoms with Gasteiger partial charge in [-0.15, -0.1) is 0 Å². The lowest BCUT2D eigenvalue weighted by atomic mass is 10.2. The summed E-state index contributed by atoms with van der Waals surface area (Å²) in [5.74, 6) is 0.640. The van der Waals surface area contributed by atoms with Gasteiger partial charge in [0.2, 0.25) is 0 Å². The predicted molar refractivity (Wildman–Crippen MR) is 84.3 cm³/mol. The molecule has 1 N–H and O–H groups in total. The average molecular weight is 325 g/mol. The SMILES string of the molecule is Clc1ccc(Nc2ncnc3ccc(Cl)cc23)c(Cl)c1. The first-order valence-electron chi connectivity index (χ1n) is 5.76. The van der Waals surface area contributed by atoms with Crippen LogP contribution in [0.25, 0.3) is 10.9 Å². The highest BCUT2D eigenvalue weighted by Gasteiger charge is 2.07. The molecule has 2 aromatic carbocycles. The Labute approximate surface area is 130 Å². The van der Waals surface area contributed by atoms with Crippen LogP contribution < -0.4 is 5.32 Å². The Morgan fingerprint density at radius 2 is 1.60 bits per heavy atom. The smallest absolute Gasteiger partial charge is 0.141 e. The Bertz CT molecular complexity index is 790. The van der Waals surface area contributed by atoms with Crippen molar-refractivity contribution in [3.8, 4) is 0 Å². The van der Waals surface area contributed by atoms with E-state index in [1.807, 2.05) is 12.1 Å². The van der Waals surface area contributed by atoms with Crippen molar-refractivity contribution in [2.45, 2.75) is 0 Å². The summed E-state index contributed by atoms with van der Waals surface area (Å²) in [6, 6.07) is 10.7. The molecule has 0 radical (unpaired) electrons. The molecule has 0 aliphatic heterocycles. The monoisotopic (exact) mass is 323 g/mol. The van der Waals surface area contributed by atoms with Crippen molar-refractivity contribution < 1.29 is 0 Å². The van der Waals surface area contributed by atoms with Crippen molar-refractivity contribution >= 4 is 57.2 Å². The van der Waals surface area contributed by atoms with Crippen LogP contribution in [-0.4, -0.2) is 9.97 Å². The Hall–Kier alpha value is -1.55. The number of hydrogen-bond donors (Lipinski definition) is 1. The maximum atomic E-state index is 6.15. The summed E-state index contributed by atoms with van der Waals surface area (Å²) < 4.78 is 0. The average Bonchev–Trinajstić information content (AvgIpc) is 2.42. The molecule has 3 aromatic rings. The van der Waals surface area contributed by atoms with Crippen molar-refractivity contribution in [1.29, 1.82) is 0 Å². The minimum absolute atomic E-state index is 0.520. The fourth-order valence-electron chi connectivity index (χ4n) is 1.85. The normalized spacial score (nSPS) is 10.8. The van der Waals surface area contributed by atoms with Crippen molar-refractivity contribution in [3.05, 3.63) is 57.8 Å². The maximum absolute atomic E-state index is 6.15. The first kappa shape index (κ1) is 13.4. The van der Waals surface area contributed by atoms with E-state index in [1.54, 1.807) is 24.3 Å². The molecule has 20 heavy (non-hydrogen) atoms. The highest BCUT2D eigenvalue weighted by Crippen LogP contribution is 2.30. The number of hydrogen-bond acceptors (Lipinski definition) is 3. The molecule has 0 unspecified atom stereocenters. The number of nitrogens with zero attached hydrogens (tertiary/aromatic N) is 2. The first-order chi connectivity index (χ1) is 9.63. The topological polar surface area (TPSA) is 37.8 Å². The Morgan fingerprint density at radius 3 is 2.40 bits per heavy atom. The molecule has 0 bridgehead atoms. The van der Waals surface area contributed by atoms with Crippen LogP contribution in [0.2, 0.25) is 15.1 Å². The van der Waals surface area contributed by atoms with Crippen LogP contribution in [0.15, 0.2) is 42.7 Å². The summed E-state index contributed by atoms with van der Waals surface area (Å²) in [5, 5.41) is 5.72. The summed E-state index contributed by atoms with van der Waals surface area (Å²) in [5.41, 5.74) is 1.52. The molecule has 1 heterocycles. The van der Waals surface area contributed by atoms with Gasteiger partial charge in [0.1, 0.15) is 12.1 Å². The molecule has 0 atom stereocenters. The number of fused-ring (bicyclic) bond motifs is 1. The van der Waals surface area contributed by atoms with Crippen LogP contribution in [0.5, 0.6) is 0 Å². The molecule has 0 aliphatic rings. The highest BCUT2D eigenvalue weighted by atomic mass is 35.5. The van der Waals surface area contributed by atoms with Crippen molar-refractivity contribution in [2.24, 2.45) is 0 Å². The molecule has 3 rings (SSSR count). The van der Waals surface area contributed by atoms with Crippen LogP contribution in [0, 0.1) is 0 Å². The lowest BCUT2D eigenvalue weighted by Crippen LogP contribution is -1.96. The van der Waals surface area contributed by atoms with Gasteiger partial charge in [-0.1, -0.05) is 34.8 Å². The van der Waals surface area contributed by atoms with Gasteiger partial charge in [0.25, 0.3) is 0 Å². The van der Waals surface area contributed by atoms with Crippen molar-refractivity contribution in [2.75, 3.05) is 5.32 Å². The largest absolute Gasteiger partial charge is 0.338 e. The van der Waals surface area contributed by atoms with E-state index in [-0.39, 0.29) is 0 Å². The molecule has 6 heteroatoms. The summed E-state index contributed by atoms with van der Waals surface area (Å²) >= 11 is 18.0. The van der Waals surface area contributed by atoms with E-state index in [4.69, 9.17) is 34.8 Å². The molecule has 0 fully saturated rings. The number of aromatic nitrogens is 2. The van der Waals surface area contributed by atoms with Gasteiger partial charge < -0.3 is 5.32 Å². The van der Waals surface area contributed by atoms with Gasteiger partial charge in [0.15, 0.2) is 0 Å². The molecular formula is C14H8Cl3N3. The van der Waals surface area contributed by atoms with Gasteiger partial charge in [0, 0.05) is 15.4 Å². The van der Waals surface area contributed by atoms with E-state index in [0.717, 1.165) is 16.6 Å². The molecule has 0 amide bonds. The second-order valence-electron chi connectivity index (χ2n) is 4.13. The zero-order valence-electron chi connectivity index (χ0n) is 10.1. The zero-order chi connectivity index (χ0) is 14.1. The summed E-state index contributed by atoms with van der Waals surface area (Å²) in [6.45, 7) is 0. The molecule has 0 aliphatic carbocycles. The molecule has 0 spiro atoms. The number of rotatable bonds is 2. The quantitative estimate of drug-likeness (QED) is 0.692. The summed E-state index contributed by atoms with van der Waals surface area (Å²) in [7, 11) is 0. The second-order valence-corrected chi connectivity index (χ2v) is 5.41. The summed E-state index contributed by atoms with van der Waals surface area (Å²) in [6.07, 6.45) is 1.49. The molecule has 100 valence electrons. The molecule has 1 aromatic heterocycles. The first-order valence-corrected chi connectivity index (χ1v) is 6.89. The molecule has 0 saturated heterocycles. The van der Waals surface area contributed by atoms with E-state index in [9.17, 15) is 0 Å². The Balaban J connectivity index is 2.08. The van der Waals surface area contributed by atoms with Gasteiger partial charge in [0.05, 0.1) is 16.2 Å². The fraction of sp³-hybridized carbons (Fsp3) is 0. The standard InChI is InChI=1S/C14H8Cl3N3/c15-8-1-3-12-10(5-8)14(19-7-18-12)20-13-4-2-9(16)6-11(13)17/h1-7H,(H,18,19,20). The lowest BCUT2D eigenvalue weighted by molar-refractivity contribution is 1.22. The zero-order valence-corrected chi connectivity index (χ0v) is 12.3. The van der Waals surface area contributed by atoms with E-state index < -0.39 is 0 Å². The third-order valence-corrected chi connectivity index (χ3v) is 3.56. The molecule has 0 saturated carbocycles. The number of anilines is 2. The van der Waals surface area contributed by atoms with Crippen molar-refractivity contribution in [3.63, 3.8) is 0 Å². The predicted octanol–water partition coefficient (Wildman–Crippen LogP) is 5.33. The third kappa shape index (κ3) is 2.66. The van der Waals surface area contributed by atoms with Crippen LogP contribution >= 0.6 is 34.8 Å². The van der Waals surface area contributed by atoms with Gasteiger partial charge in [-0.25, -0.2) is 9.97 Å². The van der Waals surface area contributed by atoms with E-state index in [2.05, 4.69) is 15.3 Å². The van der Waals surface area contributed by atoms with Crippen LogP contribution in [0.1, 0.15) is 0 Å². The van der Waals surface area contributed by atoms with Gasteiger partial charge in [-0.2, -0.15) is 0 Å². The summed E-state index contributed by atoms with van der Waals surface area (Å²) in [4.78, 5) is 8.43. The maximum Gasteiger partial charge on any atom is 0.141 e. The minimum Gasteiger partial charge on any atom is -0.338 e. The van der Waals surface area contributed by atoms with E-state index in [1.165, 1.54) is 6.33 Å². The van der Waals surface area contributed by atoms with Crippen LogP contribution in [0.4, 0.5) is 11.5 Å². The van der Waals surface area contributed by atoms with Gasteiger partial charge >= 0.3 is 0 Å². The third-order valence-electron chi connectivity index (χ3n) is 2.78. The van der Waals surface area contributed by atoms with Gasteiger partial charge in [-0.3, -0.25) is 0 Å². The number of nitrogens with one attached hydrogen (secondary N) is 1. The molecular weight excluding hydrogens is 317 g/mol. The van der Waals surface area contributed by atoms with E-state index in [0.29, 0.717) is 20.9 Å². The lowest BCUT2D eigenvalue weighted by Gasteiger charge is -2.10. The number of benzene rings is 2. The fourth-order valence-corrected chi connectivity index (χ4v) is 2.47. The van der Waals surface area contributed by atoms with E-state index >= 15 is 0 Å². The number of halogens is 3. The molecule has 3 nitrogen and oxygen atoms in total. The second kappa shape index (κ2) is 5.44. The van der Waals surface area contributed by atoms with Crippen LogP contribution in [0.3, 0.4) is 0 Å². The highest BCUT2D eigenvalue weighted by molar-refractivity contribution is 6.36. The van der Waals surface area contributed by atoms with Gasteiger partial charge in [-0.05, 0) is 36.4 Å². The Kier molecular flexibility index (Phi) is 3.66. The van der Waals surface area contributed by atoms with Crippen LogP contribution in [-0.2, 0) is 0 Å². The van der Waals surface area contributed by atoms with Crippen molar-refractivity contribution in [1.82, 2.24) is 9.97 Å². The minimum atomic E-state index is 0.520.